The molecule has 1 N–H and O–H groups in total. The molecule has 1 aromatic carbocycles. The molecule has 0 aliphatic rings. The topological polar surface area (TPSA) is 46.5 Å². The molecule has 3 nitrogen and oxygen atoms in total. The summed E-state index contributed by atoms with van der Waals surface area (Å²) in [6.07, 6.45) is -0.0470. The van der Waals surface area contributed by atoms with Gasteiger partial charge in [0.2, 0.25) is 0 Å². The molecule has 4 heteroatoms. The molecule has 0 saturated heterocycles. The van der Waals surface area contributed by atoms with Crippen molar-refractivity contribution in [1.29, 1.82) is 0 Å². The van der Waals surface area contributed by atoms with Crippen molar-refractivity contribution in [2.45, 2.75) is 32.8 Å². The number of aliphatic carboxylic acids is 1. The number of hydrogen-bond donors (Lipinski definition) is 1. The number of halogens is 1. The van der Waals surface area contributed by atoms with Gasteiger partial charge in [-0.2, -0.15) is 0 Å². The van der Waals surface area contributed by atoms with E-state index in [1.54, 1.807) is 32.0 Å². The monoisotopic (exact) mass is 242 g/mol. The average Bonchev–Trinajstić information content (AvgIpc) is 2.08. The van der Waals surface area contributed by atoms with E-state index >= 15 is 0 Å². The van der Waals surface area contributed by atoms with Crippen LogP contribution in [0.4, 0.5) is 0 Å². The second kappa shape index (κ2) is 4.74. The minimum absolute atomic E-state index is 0.0470. The molecule has 0 radical (unpaired) electrons. The van der Waals surface area contributed by atoms with Gasteiger partial charge in [-0.15, -0.1) is 0 Å². The summed E-state index contributed by atoms with van der Waals surface area (Å²) >= 11 is 5.89. The minimum atomic E-state index is -0.879. The van der Waals surface area contributed by atoms with E-state index < -0.39 is 11.6 Å². The molecule has 1 aromatic rings. The van der Waals surface area contributed by atoms with E-state index in [4.69, 9.17) is 21.4 Å². The Balaban J connectivity index is 2.79. The first-order valence-corrected chi connectivity index (χ1v) is 5.35. The summed E-state index contributed by atoms with van der Waals surface area (Å²) in [5.74, 6) is -0.246. The molecule has 0 atom stereocenters. The van der Waals surface area contributed by atoms with Gasteiger partial charge in [0.15, 0.2) is 0 Å². The zero-order valence-electron chi connectivity index (χ0n) is 9.58. The van der Waals surface area contributed by atoms with E-state index in [2.05, 4.69) is 0 Å². The van der Waals surface area contributed by atoms with Crippen LogP contribution in [0.1, 0.15) is 25.8 Å². The van der Waals surface area contributed by atoms with Crippen molar-refractivity contribution >= 4 is 17.6 Å². The van der Waals surface area contributed by atoms with Crippen LogP contribution in [0.2, 0.25) is 5.02 Å². The Morgan fingerprint density at radius 1 is 1.50 bits per heavy atom. The molecule has 0 aliphatic carbocycles. The molecule has 0 aromatic heterocycles. The van der Waals surface area contributed by atoms with Crippen LogP contribution in [-0.4, -0.2) is 16.7 Å². The van der Waals surface area contributed by atoms with Gasteiger partial charge in [0.1, 0.15) is 11.4 Å². The Morgan fingerprint density at radius 3 is 2.62 bits per heavy atom. The number of carbonyl (C=O) groups is 1. The van der Waals surface area contributed by atoms with Crippen LogP contribution in [0.25, 0.3) is 0 Å². The average molecular weight is 243 g/mol. The van der Waals surface area contributed by atoms with Crippen LogP contribution in [-0.2, 0) is 4.79 Å². The predicted molar refractivity (Wildman–Crippen MR) is 63.1 cm³/mol. The number of carboxylic acid groups (broad SMARTS) is 1. The fourth-order valence-electron chi connectivity index (χ4n) is 1.40. The highest BCUT2D eigenvalue weighted by Crippen LogP contribution is 2.25. The summed E-state index contributed by atoms with van der Waals surface area (Å²) in [7, 11) is 0. The molecule has 0 bridgehead atoms. The first-order chi connectivity index (χ1) is 7.30. The lowest BCUT2D eigenvalue weighted by Crippen LogP contribution is -2.31. The maximum atomic E-state index is 10.6. The molecule has 0 fully saturated rings. The van der Waals surface area contributed by atoms with Gasteiger partial charge in [-0.25, -0.2) is 0 Å². The summed E-state index contributed by atoms with van der Waals surface area (Å²) in [5.41, 5.74) is 0.178. The highest BCUT2D eigenvalue weighted by Gasteiger charge is 2.23. The van der Waals surface area contributed by atoms with Crippen LogP contribution < -0.4 is 4.74 Å². The van der Waals surface area contributed by atoms with Crippen LogP contribution in [0.5, 0.6) is 5.75 Å². The summed E-state index contributed by atoms with van der Waals surface area (Å²) < 4.78 is 5.61. The molecule has 88 valence electrons. The summed E-state index contributed by atoms with van der Waals surface area (Å²) in [6.45, 7) is 5.36. The first kappa shape index (κ1) is 12.8. The molecular weight excluding hydrogens is 228 g/mol. The highest BCUT2D eigenvalue weighted by atomic mass is 35.5. The molecule has 0 aliphatic heterocycles. The van der Waals surface area contributed by atoms with Crippen molar-refractivity contribution in [2.24, 2.45) is 0 Å². The van der Waals surface area contributed by atoms with Gasteiger partial charge in [0, 0.05) is 5.02 Å². The smallest absolute Gasteiger partial charge is 0.307 e. The van der Waals surface area contributed by atoms with Gasteiger partial charge in [-0.05, 0) is 44.5 Å². The summed E-state index contributed by atoms with van der Waals surface area (Å²) in [4.78, 5) is 10.6. The fourth-order valence-corrected chi connectivity index (χ4v) is 1.52. The van der Waals surface area contributed by atoms with Gasteiger partial charge < -0.3 is 9.84 Å². The Bertz CT molecular complexity index is 399. The second-order valence-corrected chi connectivity index (χ2v) is 4.75. The lowest BCUT2D eigenvalue weighted by atomic mass is 10.1. The van der Waals surface area contributed by atoms with Crippen molar-refractivity contribution in [3.8, 4) is 5.75 Å². The number of aryl methyl sites for hydroxylation is 1. The van der Waals surface area contributed by atoms with E-state index in [1.165, 1.54) is 0 Å². The highest BCUT2D eigenvalue weighted by molar-refractivity contribution is 6.31. The maximum absolute atomic E-state index is 10.6. The van der Waals surface area contributed by atoms with E-state index in [0.717, 1.165) is 5.56 Å². The molecule has 0 heterocycles. The lowest BCUT2D eigenvalue weighted by molar-refractivity contribution is -0.140. The van der Waals surface area contributed by atoms with Crippen LogP contribution in [0.3, 0.4) is 0 Å². The molecule has 0 saturated carbocycles. The molecule has 16 heavy (non-hydrogen) atoms. The van der Waals surface area contributed by atoms with E-state index in [-0.39, 0.29) is 6.42 Å². The predicted octanol–water partition coefficient (Wildman–Crippen LogP) is 3.28. The summed E-state index contributed by atoms with van der Waals surface area (Å²) in [6, 6.07) is 5.27. The largest absolute Gasteiger partial charge is 0.487 e. The Labute approximate surface area is 100.0 Å². The van der Waals surface area contributed by atoms with Crippen LogP contribution in [0.15, 0.2) is 18.2 Å². The fraction of sp³-hybridized carbons (Fsp3) is 0.417. The molecular formula is C12H15ClO3. The summed E-state index contributed by atoms with van der Waals surface area (Å²) in [5, 5.41) is 9.39. The van der Waals surface area contributed by atoms with Crippen molar-refractivity contribution in [1.82, 2.24) is 0 Å². The van der Waals surface area contributed by atoms with E-state index in [1.807, 2.05) is 6.92 Å². The maximum Gasteiger partial charge on any atom is 0.307 e. The third-order valence-corrected chi connectivity index (χ3v) is 2.52. The number of hydrogen-bond acceptors (Lipinski definition) is 2. The second-order valence-electron chi connectivity index (χ2n) is 4.34. The van der Waals surface area contributed by atoms with Crippen LogP contribution >= 0.6 is 11.6 Å². The van der Waals surface area contributed by atoms with Gasteiger partial charge in [0.05, 0.1) is 6.42 Å². The Morgan fingerprint density at radius 2 is 2.12 bits per heavy atom. The zero-order valence-corrected chi connectivity index (χ0v) is 10.3. The van der Waals surface area contributed by atoms with E-state index in [9.17, 15) is 4.79 Å². The minimum Gasteiger partial charge on any atom is -0.487 e. The van der Waals surface area contributed by atoms with Gasteiger partial charge in [0.25, 0.3) is 0 Å². The Hall–Kier alpha value is -1.22. The number of benzene rings is 1. The number of carboxylic acids is 1. The van der Waals surface area contributed by atoms with Crippen molar-refractivity contribution in [3.05, 3.63) is 28.8 Å². The van der Waals surface area contributed by atoms with Crippen molar-refractivity contribution in [2.75, 3.05) is 0 Å². The van der Waals surface area contributed by atoms with Gasteiger partial charge in [-0.3, -0.25) is 4.79 Å². The molecule has 0 amide bonds. The van der Waals surface area contributed by atoms with E-state index in [0.29, 0.717) is 10.8 Å². The van der Waals surface area contributed by atoms with Crippen LogP contribution in [0, 0.1) is 6.92 Å². The van der Waals surface area contributed by atoms with Crippen molar-refractivity contribution in [3.63, 3.8) is 0 Å². The first-order valence-electron chi connectivity index (χ1n) is 4.97. The zero-order chi connectivity index (χ0) is 12.3. The lowest BCUT2D eigenvalue weighted by Gasteiger charge is -2.24. The quantitative estimate of drug-likeness (QED) is 0.881. The Kier molecular flexibility index (Phi) is 3.81. The normalized spacial score (nSPS) is 11.2. The van der Waals surface area contributed by atoms with Gasteiger partial charge in [-0.1, -0.05) is 11.6 Å². The molecule has 1 rings (SSSR count). The molecule has 0 unspecified atom stereocenters. The van der Waals surface area contributed by atoms with Gasteiger partial charge >= 0.3 is 5.97 Å². The third-order valence-electron chi connectivity index (χ3n) is 2.10. The molecule has 0 spiro atoms. The number of rotatable bonds is 4. The van der Waals surface area contributed by atoms with Crippen molar-refractivity contribution < 1.29 is 14.6 Å². The standard InChI is InChI=1S/C12H15ClO3/c1-8-6-9(4-5-10(8)13)16-12(2,3)7-11(14)15/h4-6H,7H2,1-3H3,(H,14,15). The third kappa shape index (κ3) is 3.74. The SMILES string of the molecule is Cc1cc(OC(C)(C)CC(=O)O)ccc1Cl. The number of ether oxygens (including phenoxy) is 1.